The molecule has 1 unspecified atom stereocenters. The molecule has 3 aromatic rings. The third-order valence-electron chi connectivity index (χ3n) is 3.27. The van der Waals surface area contributed by atoms with Crippen LogP contribution in [0.15, 0.2) is 28.2 Å². The summed E-state index contributed by atoms with van der Waals surface area (Å²) in [6, 6.07) is 1.73. The summed E-state index contributed by atoms with van der Waals surface area (Å²) in [5, 5.41) is 4.72. The minimum Gasteiger partial charge on any atom is -0.492 e. The van der Waals surface area contributed by atoms with E-state index in [1.807, 2.05) is 10.8 Å². The lowest BCUT2D eigenvalue weighted by Gasteiger charge is -2.09. The van der Waals surface area contributed by atoms with Crippen molar-refractivity contribution in [1.29, 1.82) is 0 Å². The lowest BCUT2D eigenvalue weighted by atomic mass is 10.3. The van der Waals surface area contributed by atoms with E-state index >= 15 is 0 Å². The van der Waals surface area contributed by atoms with Gasteiger partial charge < -0.3 is 9.72 Å². The third kappa shape index (κ3) is 3.73. The fourth-order valence-corrected chi connectivity index (χ4v) is 4.06. The normalized spacial score (nSPS) is 12.6. The highest BCUT2D eigenvalue weighted by Crippen LogP contribution is 2.28. The van der Waals surface area contributed by atoms with E-state index in [0.29, 0.717) is 28.2 Å². The molecule has 3 heterocycles. The number of unbranched alkanes of at least 4 members (excludes halogenated alkanes) is 1. The summed E-state index contributed by atoms with van der Waals surface area (Å²) in [5.41, 5.74) is 2.28. The predicted octanol–water partition coefficient (Wildman–Crippen LogP) is 4.16. The van der Waals surface area contributed by atoms with E-state index in [4.69, 9.17) is 16.3 Å². The number of fused-ring (bicyclic) bond motifs is 1. The van der Waals surface area contributed by atoms with Gasteiger partial charge in [-0.3, -0.25) is 9.19 Å². The van der Waals surface area contributed by atoms with Crippen LogP contribution in [-0.2, 0) is 16.6 Å². The summed E-state index contributed by atoms with van der Waals surface area (Å²) < 4.78 is 18.1. The van der Waals surface area contributed by atoms with Crippen LogP contribution in [0.1, 0.15) is 25.5 Å². The maximum Gasteiger partial charge on any atom is 0.197 e. The second-order valence-corrected chi connectivity index (χ2v) is 7.46. The largest absolute Gasteiger partial charge is 0.492 e. The zero-order chi connectivity index (χ0) is 16.2. The van der Waals surface area contributed by atoms with Crippen molar-refractivity contribution in [3.63, 3.8) is 0 Å². The van der Waals surface area contributed by atoms with Gasteiger partial charge in [0.1, 0.15) is 16.3 Å². The lowest BCUT2D eigenvalue weighted by Crippen LogP contribution is -2.04. The van der Waals surface area contributed by atoms with E-state index < -0.39 is 10.8 Å². The van der Waals surface area contributed by atoms with E-state index in [-0.39, 0.29) is 5.75 Å². The predicted molar refractivity (Wildman–Crippen MR) is 93.7 cm³/mol. The number of aromatic amines is 1. The molecule has 0 saturated carbocycles. The smallest absolute Gasteiger partial charge is 0.197 e. The maximum atomic E-state index is 12.5. The van der Waals surface area contributed by atoms with Gasteiger partial charge in [0.25, 0.3) is 0 Å². The highest BCUT2D eigenvalue weighted by molar-refractivity contribution is 7.84. The van der Waals surface area contributed by atoms with Gasteiger partial charge in [-0.15, -0.1) is 11.3 Å². The van der Waals surface area contributed by atoms with Crippen LogP contribution in [0.4, 0.5) is 0 Å². The van der Waals surface area contributed by atoms with Crippen LogP contribution in [0.25, 0.3) is 11.0 Å². The molecule has 1 atom stereocenters. The minimum atomic E-state index is -1.34. The van der Waals surface area contributed by atoms with Gasteiger partial charge in [0.2, 0.25) is 0 Å². The Labute approximate surface area is 145 Å². The number of nitrogens with one attached hydrogen (secondary N) is 1. The number of halogens is 1. The van der Waals surface area contributed by atoms with Crippen molar-refractivity contribution >= 4 is 44.8 Å². The van der Waals surface area contributed by atoms with Crippen LogP contribution in [0.3, 0.4) is 0 Å². The molecule has 3 aromatic heterocycles. The average molecular weight is 370 g/mol. The number of thiophene rings is 1. The summed E-state index contributed by atoms with van der Waals surface area (Å²) in [6.45, 7) is 2.71. The standard InChI is InChI=1S/C15H16ClN3O2S2/c1-2-3-6-21-13-4-5-17-12(14(13)16)9-23(20)15-18-10-7-22-8-11(10)19-15/h4-5,7-8H,2-3,6,9H2,1H3,(H,18,19). The molecule has 8 heteroatoms. The van der Waals surface area contributed by atoms with Gasteiger partial charge in [-0.25, -0.2) is 4.98 Å². The van der Waals surface area contributed by atoms with Gasteiger partial charge in [0.15, 0.2) is 5.16 Å². The Bertz CT molecular complexity index is 803. The number of imidazole rings is 1. The molecule has 0 saturated heterocycles. The summed E-state index contributed by atoms with van der Waals surface area (Å²) in [5.74, 6) is 0.783. The Hall–Kier alpha value is -1.44. The van der Waals surface area contributed by atoms with Gasteiger partial charge in [-0.2, -0.15) is 0 Å². The monoisotopic (exact) mass is 369 g/mol. The van der Waals surface area contributed by atoms with E-state index in [1.54, 1.807) is 23.6 Å². The molecule has 122 valence electrons. The molecule has 0 bridgehead atoms. The Morgan fingerprint density at radius 3 is 3.09 bits per heavy atom. The maximum absolute atomic E-state index is 12.5. The SMILES string of the molecule is CCCCOc1ccnc(CS(=O)c2nc3cscc3[nH]2)c1Cl. The molecule has 0 aromatic carbocycles. The average Bonchev–Trinajstić information content (AvgIpc) is 3.12. The number of rotatable bonds is 7. The van der Waals surface area contributed by atoms with Crippen molar-refractivity contribution in [1.82, 2.24) is 15.0 Å². The van der Waals surface area contributed by atoms with E-state index in [1.165, 1.54) is 0 Å². The molecule has 3 rings (SSSR count). The summed E-state index contributed by atoms with van der Waals surface area (Å²) in [4.78, 5) is 11.6. The first kappa shape index (κ1) is 16.4. The molecule has 0 spiro atoms. The Morgan fingerprint density at radius 1 is 1.43 bits per heavy atom. The fraction of sp³-hybridized carbons (Fsp3) is 0.333. The van der Waals surface area contributed by atoms with Crippen molar-refractivity contribution in [2.75, 3.05) is 6.61 Å². The van der Waals surface area contributed by atoms with Crippen molar-refractivity contribution in [2.24, 2.45) is 0 Å². The van der Waals surface area contributed by atoms with Crippen LogP contribution in [0.2, 0.25) is 5.02 Å². The van der Waals surface area contributed by atoms with Gasteiger partial charge in [0.05, 0.1) is 34.4 Å². The molecule has 5 nitrogen and oxygen atoms in total. The van der Waals surface area contributed by atoms with E-state index in [2.05, 4.69) is 21.9 Å². The van der Waals surface area contributed by atoms with Crippen LogP contribution >= 0.6 is 22.9 Å². The fourth-order valence-electron chi connectivity index (χ4n) is 2.03. The van der Waals surface area contributed by atoms with Crippen molar-refractivity contribution in [3.05, 3.63) is 33.7 Å². The quantitative estimate of drug-likeness (QED) is 0.635. The number of H-pyrrole nitrogens is 1. The van der Waals surface area contributed by atoms with E-state index in [9.17, 15) is 4.21 Å². The summed E-state index contributed by atoms with van der Waals surface area (Å²) in [6.07, 6.45) is 3.64. The molecule has 0 radical (unpaired) electrons. The number of hydrogen-bond acceptors (Lipinski definition) is 5. The third-order valence-corrected chi connectivity index (χ3v) is 5.57. The Morgan fingerprint density at radius 2 is 2.30 bits per heavy atom. The minimum absolute atomic E-state index is 0.198. The second-order valence-electron chi connectivity index (χ2n) is 4.97. The molecule has 1 N–H and O–H groups in total. The van der Waals surface area contributed by atoms with Gasteiger partial charge in [0, 0.05) is 23.0 Å². The van der Waals surface area contributed by atoms with Crippen LogP contribution in [-0.4, -0.2) is 25.8 Å². The van der Waals surface area contributed by atoms with Crippen molar-refractivity contribution in [2.45, 2.75) is 30.7 Å². The summed E-state index contributed by atoms with van der Waals surface area (Å²) in [7, 11) is -1.34. The van der Waals surface area contributed by atoms with Crippen molar-refractivity contribution < 1.29 is 8.95 Å². The second kappa shape index (κ2) is 7.42. The zero-order valence-electron chi connectivity index (χ0n) is 12.5. The van der Waals surface area contributed by atoms with Crippen LogP contribution in [0, 0.1) is 0 Å². The highest BCUT2D eigenvalue weighted by Gasteiger charge is 2.16. The number of pyridine rings is 1. The highest BCUT2D eigenvalue weighted by atomic mass is 35.5. The van der Waals surface area contributed by atoms with Crippen LogP contribution in [0.5, 0.6) is 5.75 Å². The number of hydrogen-bond donors (Lipinski definition) is 1. The molecule has 23 heavy (non-hydrogen) atoms. The first-order valence-corrected chi connectivity index (χ1v) is 9.89. The van der Waals surface area contributed by atoms with Crippen molar-refractivity contribution in [3.8, 4) is 5.75 Å². The first-order chi connectivity index (χ1) is 11.2. The number of aromatic nitrogens is 3. The lowest BCUT2D eigenvalue weighted by molar-refractivity contribution is 0.309. The molecular weight excluding hydrogens is 354 g/mol. The molecule has 0 fully saturated rings. The van der Waals surface area contributed by atoms with Gasteiger partial charge >= 0.3 is 0 Å². The van der Waals surface area contributed by atoms with Crippen LogP contribution < -0.4 is 4.74 Å². The topological polar surface area (TPSA) is 67.9 Å². The molecular formula is C15H16ClN3O2S2. The first-order valence-electron chi connectivity index (χ1n) is 7.25. The molecule has 0 aliphatic rings. The molecule has 0 amide bonds. The molecule has 0 aliphatic heterocycles. The number of nitrogens with zero attached hydrogens (tertiary/aromatic N) is 2. The Kier molecular flexibility index (Phi) is 5.30. The van der Waals surface area contributed by atoms with E-state index in [0.717, 1.165) is 23.9 Å². The summed E-state index contributed by atoms with van der Waals surface area (Å²) >= 11 is 7.88. The Balaban J connectivity index is 1.75. The zero-order valence-corrected chi connectivity index (χ0v) is 14.9. The van der Waals surface area contributed by atoms with Gasteiger partial charge in [-0.05, 0) is 6.42 Å². The number of ether oxygens (including phenoxy) is 1. The van der Waals surface area contributed by atoms with Gasteiger partial charge in [-0.1, -0.05) is 24.9 Å². The molecule has 0 aliphatic carbocycles.